The van der Waals surface area contributed by atoms with Crippen LogP contribution < -0.4 is 38.0 Å². The van der Waals surface area contributed by atoms with Crippen LogP contribution in [0.15, 0.2) is 72.3 Å². The van der Waals surface area contributed by atoms with E-state index in [2.05, 4.69) is 10.2 Å². The predicted molar refractivity (Wildman–Crippen MR) is 180 cm³/mol. The van der Waals surface area contributed by atoms with E-state index in [-0.39, 0.29) is 45.0 Å². The second kappa shape index (κ2) is 15.6. The number of fused-ring (bicyclic) bond motifs is 1. The summed E-state index contributed by atoms with van der Waals surface area (Å²) < 4.78 is 74.9. The molecule has 0 saturated heterocycles. The van der Waals surface area contributed by atoms with Gasteiger partial charge in [-0.2, -0.15) is 8.42 Å². The van der Waals surface area contributed by atoms with Crippen LogP contribution in [0.5, 0.6) is 40.6 Å². The number of nitrogens with zero attached hydrogens (tertiary/aromatic N) is 2. The first-order valence-electron chi connectivity index (χ1n) is 14.4. The number of hydrogen-bond acceptors (Lipinski definition) is 15. The quantitative estimate of drug-likeness (QED) is 0.0632. The maximum absolute atomic E-state index is 14.0. The summed E-state index contributed by atoms with van der Waals surface area (Å²) in [5.41, 5.74) is 0.205. The molecule has 0 bridgehead atoms. The van der Waals surface area contributed by atoms with Crippen LogP contribution in [0.25, 0.3) is 22.3 Å². The summed E-state index contributed by atoms with van der Waals surface area (Å²) in [6.45, 7) is 0.143. The van der Waals surface area contributed by atoms with E-state index in [0.29, 0.717) is 52.2 Å². The number of ether oxygens (including phenoxy) is 6. The molecular formula is C32H31ClN2O12S2. The Kier molecular flexibility index (Phi) is 11.3. The van der Waals surface area contributed by atoms with Gasteiger partial charge in [0.05, 0.1) is 42.2 Å². The van der Waals surface area contributed by atoms with Crippen molar-refractivity contribution < 1.29 is 49.9 Å². The van der Waals surface area contributed by atoms with E-state index < -0.39 is 21.6 Å². The molecule has 0 amide bonds. The van der Waals surface area contributed by atoms with Gasteiger partial charge in [-0.3, -0.25) is 4.79 Å². The third-order valence-electron chi connectivity index (χ3n) is 6.96. The third kappa shape index (κ3) is 7.92. The number of unbranched alkanes of at least 4 members (excludes halogenated alkanes) is 1. The topological polar surface area (TPSA) is 168 Å². The third-order valence-corrected chi connectivity index (χ3v) is 9.32. The van der Waals surface area contributed by atoms with Crippen LogP contribution in [0.2, 0.25) is 5.02 Å². The van der Waals surface area contributed by atoms with Gasteiger partial charge in [0.25, 0.3) is 5.22 Å². The molecular weight excluding hydrogens is 704 g/mol. The Bertz CT molecular complexity index is 2080. The van der Waals surface area contributed by atoms with Gasteiger partial charge in [0, 0.05) is 28.5 Å². The molecule has 0 aliphatic carbocycles. The van der Waals surface area contributed by atoms with Crippen molar-refractivity contribution in [1.29, 1.82) is 0 Å². The summed E-state index contributed by atoms with van der Waals surface area (Å²) in [6, 6.07) is 11.9. The van der Waals surface area contributed by atoms with Gasteiger partial charge < -0.3 is 41.4 Å². The summed E-state index contributed by atoms with van der Waals surface area (Å²) in [4.78, 5) is 13.8. The minimum Gasteiger partial charge on any atom is -0.496 e. The molecule has 17 heteroatoms. The zero-order chi connectivity index (χ0) is 35.1. The molecule has 260 valence electrons. The molecule has 0 radical (unpaired) electrons. The summed E-state index contributed by atoms with van der Waals surface area (Å²) >= 11 is 7.02. The molecule has 2 aromatic heterocycles. The van der Waals surface area contributed by atoms with E-state index in [0.717, 1.165) is 0 Å². The first-order valence-corrected chi connectivity index (χ1v) is 17.2. The van der Waals surface area contributed by atoms with Gasteiger partial charge >= 0.3 is 16.2 Å². The molecule has 49 heavy (non-hydrogen) atoms. The molecule has 0 aliphatic rings. The van der Waals surface area contributed by atoms with Gasteiger partial charge in [-0.25, -0.2) is 0 Å². The second-order valence-electron chi connectivity index (χ2n) is 9.94. The number of methoxy groups -OCH3 is 5. The van der Waals surface area contributed by atoms with Crippen LogP contribution in [0, 0.1) is 0 Å². The molecule has 5 rings (SSSR count). The lowest BCUT2D eigenvalue weighted by Gasteiger charge is -2.17. The zero-order valence-electron chi connectivity index (χ0n) is 26.9. The molecule has 0 saturated carbocycles. The molecule has 0 N–H and O–H groups in total. The number of thioether (sulfide) groups is 1. The highest BCUT2D eigenvalue weighted by Gasteiger charge is 2.25. The van der Waals surface area contributed by atoms with Crippen LogP contribution in [-0.2, 0) is 10.1 Å². The van der Waals surface area contributed by atoms with E-state index in [4.69, 9.17) is 53.0 Å². The Morgan fingerprint density at radius 1 is 0.796 bits per heavy atom. The van der Waals surface area contributed by atoms with Crippen molar-refractivity contribution in [2.45, 2.75) is 23.0 Å². The van der Waals surface area contributed by atoms with Gasteiger partial charge in [0.2, 0.25) is 16.9 Å². The van der Waals surface area contributed by atoms with Crippen molar-refractivity contribution in [1.82, 2.24) is 10.2 Å². The Balaban J connectivity index is 1.31. The fraction of sp³-hybridized carbons (Fsp3) is 0.281. The summed E-state index contributed by atoms with van der Waals surface area (Å²) in [5.74, 6) is 2.34. The van der Waals surface area contributed by atoms with Crippen molar-refractivity contribution in [3.63, 3.8) is 0 Å². The van der Waals surface area contributed by atoms with Gasteiger partial charge in [-0.05, 0) is 49.2 Å². The fourth-order valence-corrected chi connectivity index (χ4v) is 6.32. The second-order valence-corrected chi connectivity index (χ2v) is 13.0. The number of benzene rings is 3. The highest BCUT2D eigenvalue weighted by atomic mass is 35.5. The summed E-state index contributed by atoms with van der Waals surface area (Å²) in [7, 11) is 3.20. The highest BCUT2D eigenvalue weighted by Crippen LogP contribution is 2.44. The van der Waals surface area contributed by atoms with Crippen molar-refractivity contribution >= 4 is 44.5 Å². The Hall–Kier alpha value is -4.80. The lowest BCUT2D eigenvalue weighted by molar-refractivity contribution is 0.301. The van der Waals surface area contributed by atoms with Crippen molar-refractivity contribution in [3.05, 3.63) is 63.8 Å². The van der Waals surface area contributed by atoms with Gasteiger partial charge in [0.1, 0.15) is 27.4 Å². The first-order chi connectivity index (χ1) is 23.6. The normalized spacial score (nSPS) is 11.3. The Labute approximate surface area is 290 Å². The molecule has 5 aromatic rings. The number of halogens is 1. The molecule has 3 aromatic carbocycles. The fourth-order valence-electron chi connectivity index (χ4n) is 4.63. The molecule has 0 unspecified atom stereocenters. The Morgan fingerprint density at radius 3 is 2.12 bits per heavy atom. The van der Waals surface area contributed by atoms with Crippen LogP contribution in [0.4, 0.5) is 0 Å². The Morgan fingerprint density at radius 2 is 1.49 bits per heavy atom. The maximum atomic E-state index is 14.0. The minimum absolute atomic E-state index is 0.0431. The van der Waals surface area contributed by atoms with E-state index in [1.807, 2.05) is 0 Å². The van der Waals surface area contributed by atoms with E-state index in [1.165, 1.54) is 71.6 Å². The minimum atomic E-state index is -4.18. The summed E-state index contributed by atoms with van der Waals surface area (Å²) in [6.07, 6.45) is 0.600. The number of rotatable bonds is 16. The predicted octanol–water partition coefficient (Wildman–Crippen LogP) is 6.26. The monoisotopic (exact) mass is 734 g/mol. The van der Waals surface area contributed by atoms with E-state index >= 15 is 0 Å². The lowest BCUT2D eigenvalue weighted by atomic mass is 10.1. The molecule has 0 spiro atoms. The highest BCUT2D eigenvalue weighted by molar-refractivity contribution is 7.99. The molecule has 14 nitrogen and oxygen atoms in total. The number of aromatic nitrogens is 2. The average molecular weight is 735 g/mol. The van der Waals surface area contributed by atoms with Gasteiger partial charge in [-0.1, -0.05) is 33.6 Å². The molecule has 2 heterocycles. The smallest absolute Gasteiger partial charge is 0.431 e. The maximum Gasteiger partial charge on any atom is 0.431 e. The van der Waals surface area contributed by atoms with E-state index in [9.17, 15) is 13.2 Å². The zero-order valence-corrected chi connectivity index (χ0v) is 29.3. The van der Waals surface area contributed by atoms with Gasteiger partial charge in [0.15, 0.2) is 17.3 Å². The van der Waals surface area contributed by atoms with Crippen molar-refractivity contribution in [2.75, 3.05) is 47.9 Å². The van der Waals surface area contributed by atoms with Crippen LogP contribution in [0.1, 0.15) is 12.8 Å². The number of hydrogen-bond donors (Lipinski definition) is 0. The molecule has 0 aliphatic heterocycles. The van der Waals surface area contributed by atoms with E-state index in [1.54, 1.807) is 24.3 Å². The lowest BCUT2D eigenvalue weighted by Crippen LogP contribution is -2.12. The van der Waals surface area contributed by atoms with Crippen LogP contribution in [-0.4, -0.2) is 66.5 Å². The van der Waals surface area contributed by atoms with Gasteiger partial charge in [-0.15, -0.1) is 0 Å². The van der Waals surface area contributed by atoms with Crippen molar-refractivity contribution in [3.8, 4) is 51.9 Å². The average Bonchev–Trinajstić information content (AvgIpc) is 3.55. The van der Waals surface area contributed by atoms with Crippen molar-refractivity contribution in [2.24, 2.45) is 0 Å². The molecule has 0 fully saturated rings. The first kappa shape index (κ1) is 35.5. The largest absolute Gasteiger partial charge is 0.496 e. The SMILES string of the molecule is COc1cc(OC)c2c(=O)c(OCCCCSc3nnc(OS(=O)(=O)c4ccc(Cl)cc4)o3)c(-c3cc(OC)c(OC)c(OC)c3)oc2c1. The standard InChI is InChI=1S/C32H31ClN2O12S2/c1-39-20-16-22(40-2)26-23(17-20)45-28(18-14-24(41-3)29(43-5)25(15-18)42-4)30(27(26)36)44-12-6-7-13-48-32-35-34-31(46-32)47-49(37,38)21-10-8-19(33)9-11-21/h8-11,14-17H,6-7,12-13H2,1-5H3. The molecule has 0 atom stereocenters. The summed E-state index contributed by atoms with van der Waals surface area (Å²) in [5, 5.41) is 8.15. The van der Waals surface area contributed by atoms with Crippen LogP contribution >= 0.6 is 23.4 Å². The van der Waals surface area contributed by atoms with Crippen LogP contribution in [0.3, 0.4) is 0 Å².